The number of hydrogen-bond donors (Lipinski definition) is 2. The molecule has 1 saturated heterocycles. The molecule has 0 radical (unpaired) electrons. The highest BCUT2D eigenvalue weighted by atomic mass is 32.2. The molecule has 1 fully saturated rings. The van der Waals surface area contributed by atoms with E-state index in [1.807, 2.05) is 0 Å². The minimum absolute atomic E-state index is 0.129. The van der Waals surface area contributed by atoms with Crippen LogP contribution in [-0.4, -0.2) is 58.8 Å². The number of H-pyrrole nitrogens is 1. The summed E-state index contributed by atoms with van der Waals surface area (Å²) >= 11 is 0. The summed E-state index contributed by atoms with van der Waals surface area (Å²) in [7, 11) is -2.71. The van der Waals surface area contributed by atoms with Crippen molar-refractivity contribution in [2.45, 2.75) is 11.6 Å². The highest BCUT2D eigenvalue weighted by Gasteiger charge is 2.31. The van der Waals surface area contributed by atoms with Crippen molar-refractivity contribution in [2.24, 2.45) is 0 Å². The second-order valence-electron chi connectivity index (χ2n) is 4.01. The molecule has 1 aliphatic rings. The molecular weight excluding hydrogens is 276 g/mol. The molecule has 102 valence electrons. The first-order valence-corrected chi connectivity index (χ1v) is 8.50. The zero-order valence-electron chi connectivity index (χ0n) is 10.0. The number of aromatic amines is 1. The molecule has 9 heteroatoms. The first-order valence-electron chi connectivity index (χ1n) is 5.57. The minimum Gasteiger partial charge on any atom is -0.316 e. The van der Waals surface area contributed by atoms with Crippen molar-refractivity contribution in [3.05, 3.63) is 11.8 Å². The first-order chi connectivity index (χ1) is 8.55. The lowest BCUT2D eigenvalue weighted by Gasteiger charge is -2.25. The lowest BCUT2D eigenvalue weighted by atomic mass is 10.4. The Kier molecular flexibility index (Phi) is 4.15. The monoisotopic (exact) mass is 292 g/mol. The van der Waals surface area contributed by atoms with Gasteiger partial charge in [-0.05, 0) is 7.05 Å². The summed E-state index contributed by atoms with van der Waals surface area (Å²) < 4.78 is 37.4. The van der Waals surface area contributed by atoms with Crippen LogP contribution in [0.1, 0.15) is 5.56 Å². The molecule has 1 aromatic heterocycles. The Morgan fingerprint density at radius 1 is 1.50 bits per heavy atom. The molecule has 2 rings (SSSR count). The van der Waals surface area contributed by atoms with E-state index in [1.165, 1.54) is 10.5 Å². The van der Waals surface area contributed by atoms with Gasteiger partial charge in [-0.3, -0.25) is 9.31 Å². The van der Waals surface area contributed by atoms with Gasteiger partial charge in [-0.1, -0.05) is 0 Å². The Bertz CT molecular complexity index is 530. The molecule has 2 heterocycles. The smallest absolute Gasteiger partial charge is 0.260 e. The summed E-state index contributed by atoms with van der Waals surface area (Å²) in [6.07, 6.45) is 1.51. The maximum Gasteiger partial charge on any atom is 0.260 e. The van der Waals surface area contributed by atoms with Gasteiger partial charge in [0.25, 0.3) is 10.0 Å². The molecular formula is C9H16N4O3S2. The third-order valence-electron chi connectivity index (χ3n) is 2.78. The molecule has 0 unspecified atom stereocenters. The number of nitrogens with zero attached hydrogens (tertiary/aromatic N) is 2. The highest BCUT2D eigenvalue weighted by molar-refractivity contribution is 7.89. The van der Waals surface area contributed by atoms with Crippen molar-refractivity contribution in [1.82, 2.24) is 19.8 Å². The average Bonchev–Trinajstić information content (AvgIpc) is 2.79. The molecule has 1 aliphatic heterocycles. The van der Waals surface area contributed by atoms with Gasteiger partial charge in [0.2, 0.25) is 0 Å². The summed E-state index contributed by atoms with van der Waals surface area (Å²) in [5, 5.41) is 9.36. The number of hydrogen-bond acceptors (Lipinski definition) is 5. The third kappa shape index (κ3) is 2.63. The Labute approximate surface area is 108 Å². The number of sulfonamides is 1. The van der Waals surface area contributed by atoms with Crippen LogP contribution in [0.2, 0.25) is 0 Å². The summed E-state index contributed by atoms with van der Waals surface area (Å²) in [6.45, 7) is 1.03. The summed E-state index contributed by atoms with van der Waals surface area (Å²) in [4.78, 5) is 0. The van der Waals surface area contributed by atoms with Crippen molar-refractivity contribution < 1.29 is 12.6 Å². The van der Waals surface area contributed by atoms with E-state index < -0.39 is 20.8 Å². The van der Waals surface area contributed by atoms with Crippen molar-refractivity contribution in [2.75, 3.05) is 31.6 Å². The molecule has 0 spiro atoms. The third-order valence-corrected chi connectivity index (χ3v) is 5.97. The lowest BCUT2D eigenvalue weighted by molar-refractivity contribution is 0.435. The van der Waals surface area contributed by atoms with E-state index in [0.717, 1.165) is 0 Å². The minimum atomic E-state index is -3.55. The topological polar surface area (TPSA) is 95.2 Å². The fourth-order valence-electron chi connectivity index (χ4n) is 1.83. The van der Waals surface area contributed by atoms with E-state index in [2.05, 4.69) is 15.5 Å². The van der Waals surface area contributed by atoms with Gasteiger partial charge in [-0.25, -0.2) is 8.42 Å². The van der Waals surface area contributed by atoms with E-state index in [4.69, 9.17) is 0 Å². The summed E-state index contributed by atoms with van der Waals surface area (Å²) in [6, 6.07) is 0. The van der Waals surface area contributed by atoms with Gasteiger partial charge in [0, 0.05) is 47.5 Å². The van der Waals surface area contributed by atoms with Gasteiger partial charge in [0.1, 0.15) is 0 Å². The zero-order chi connectivity index (χ0) is 13.2. The van der Waals surface area contributed by atoms with Gasteiger partial charge < -0.3 is 5.32 Å². The van der Waals surface area contributed by atoms with E-state index in [-0.39, 0.29) is 5.03 Å². The predicted molar refractivity (Wildman–Crippen MR) is 68.0 cm³/mol. The predicted octanol–water partition coefficient (Wildman–Crippen LogP) is -1.12. The van der Waals surface area contributed by atoms with Crippen LogP contribution in [0, 0.1) is 0 Å². The van der Waals surface area contributed by atoms with Gasteiger partial charge >= 0.3 is 0 Å². The second kappa shape index (κ2) is 5.47. The van der Waals surface area contributed by atoms with Crippen LogP contribution in [-0.2, 0) is 27.4 Å². The van der Waals surface area contributed by atoms with Gasteiger partial charge in [-0.15, -0.1) is 0 Å². The maximum absolute atomic E-state index is 12.4. The Hall–Kier alpha value is -0.770. The van der Waals surface area contributed by atoms with Gasteiger partial charge in [-0.2, -0.15) is 9.40 Å². The zero-order valence-corrected chi connectivity index (χ0v) is 11.7. The largest absolute Gasteiger partial charge is 0.316 e. The first kappa shape index (κ1) is 13.7. The van der Waals surface area contributed by atoms with E-state index in [0.29, 0.717) is 36.7 Å². The number of nitrogens with one attached hydrogen (secondary N) is 2. The fraction of sp³-hybridized carbons (Fsp3) is 0.667. The van der Waals surface area contributed by atoms with Gasteiger partial charge in [0.05, 0.1) is 6.20 Å². The normalized spacial score (nSPS) is 19.2. The quantitative estimate of drug-likeness (QED) is 0.733. The standard InChI is InChI=1S/C9H16N4O3S2/c1-10-6-8-7-11-12-9(8)18(15,16)13-2-4-17(14)5-3-13/h7,10H,2-6H2,1H3,(H,11,12). The lowest BCUT2D eigenvalue weighted by Crippen LogP contribution is -2.42. The van der Waals surface area contributed by atoms with Crippen LogP contribution < -0.4 is 5.32 Å². The van der Waals surface area contributed by atoms with Crippen LogP contribution in [0.25, 0.3) is 0 Å². The highest BCUT2D eigenvalue weighted by Crippen LogP contribution is 2.18. The summed E-state index contributed by atoms with van der Waals surface area (Å²) in [5.41, 5.74) is 0.615. The molecule has 0 aromatic carbocycles. The molecule has 0 amide bonds. The Morgan fingerprint density at radius 2 is 2.17 bits per heavy atom. The molecule has 0 saturated carbocycles. The van der Waals surface area contributed by atoms with Crippen molar-refractivity contribution in [3.8, 4) is 0 Å². The van der Waals surface area contributed by atoms with Crippen LogP contribution >= 0.6 is 0 Å². The van der Waals surface area contributed by atoms with E-state index in [1.54, 1.807) is 7.05 Å². The molecule has 0 atom stereocenters. The van der Waals surface area contributed by atoms with Crippen LogP contribution in [0.5, 0.6) is 0 Å². The molecule has 1 aromatic rings. The summed E-state index contributed by atoms with van der Waals surface area (Å²) in [5.74, 6) is 0.795. The fourth-order valence-corrected chi connectivity index (χ4v) is 4.66. The van der Waals surface area contributed by atoms with Crippen molar-refractivity contribution in [1.29, 1.82) is 0 Å². The SMILES string of the molecule is CNCc1cn[nH]c1S(=O)(=O)N1CCS(=O)CC1. The van der Waals surface area contributed by atoms with Crippen molar-refractivity contribution in [3.63, 3.8) is 0 Å². The van der Waals surface area contributed by atoms with Crippen LogP contribution in [0.4, 0.5) is 0 Å². The number of aromatic nitrogens is 2. The Balaban J connectivity index is 2.25. The second-order valence-corrected chi connectivity index (χ2v) is 7.58. The number of rotatable bonds is 4. The molecule has 0 bridgehead atoms. The van der Waals surface area contributed by atoms with Gasteiger partial charge in [0.15, 0.2) is 5.03 Å². The van der Waals surface area contributed by atoms with Crippen LogP contribution in [0.15, 0.2) is 11.2 Å². The van der Waals surface area contributed by atoms with Crippen LogP contribution in [0.3, 0.4) is 0 Å². The molecule has 18 heavy (non-hydrogen) atoms. The Morgan fingerprint density at radius 3 is 2.78 bits per heavy atom. The van der Waals surface area contributed by atoms with E-state index in [9.17, 15) is 12.6 Å². The average molecular weight is 292 g/mol. The molecule has 0 aliphatic carbocycles. The van der Waals surface area contributed by atoms with Crippen molar-refractivity contribution >= 4 is 20.8 Å². The molecule has 2 N–H and O–H groups in total. The maximum atomic E-state index is 12.4. The molecule has 7 nitrogen and oxygen atoms in total. The van der Waals surface area contributed by atoms with E-state index >= 15 is 0 Å².